The second-order valence-corrected chi connectivity index (χ2v) is 10.3. The van der Waals surface area contributed by atoms with E-state index in [4.69, 9.17) is 4.74 Å². The number of carbonyl (C=O) groups excluding carboxylic acids is 1. The number of piperidine rings is 2. The Labute approximate surface area is 202 Å². The van der Waals surface area contributed by atoms with Gasteiger partial charge in [0, 0.05) is 36.4 Å². The van der Waals surface area contributed by atoms with Crippen LogP contribution in [0.4, 0.5) is 8.78 Å². The number of halogens is 2. The van der Waals surface area contributed by atoms with Crippen LogP contribution in [0.1, 0.15) is 50.0 Å². The summed E-state index contributed by atoms with van der Waals surface area (Å²) in [5.41, 5.74) is 2.02. The van der Waals surface area contributed by atoms with Gasteiger partial charge in [0.1, 0.15) is 23.7 Å². The lowest BCUT2D eigenvalue weighted by Crippen LogP contribution is -2.47. The van der Waals surface area contributed by atoms with E-state index in [9.17, 15) is 13.6 Å². The van der Waals surface area contributed by atoms with Crippen LogP contribution in [0.3, 0.4) is 0 Å². The third kappa shape index (κ3) is 4.45. The number of amides is 1. The van der Waals surface area contributed by atoms with Gasteiger partial charge >= 0.3 is 0 Å². The molecule has 2 fully saturated rings. The first-order chi connectivity index (χ1) is 16.4. The van der Waals surface area contributed by atoms with Crippen molar-refractivity contribution in [3.63, 3.8) is 0 Å². The summed E-state index contributed by atoms with van der Waals surface area (Å²) in [7, 11) is 0. The lowest BCUT2D eigenvalue weighted by Gasteiger charge is -2.34. The van der Waals surface area contributed by atoms with Gasteiger partial charge in [-0.1, -0.05) is 0 Å². The number of fused-ring (bicyclic) bond motifs is 1. The average molecular weight is 488 g/mol. The van der Waals surface area contributed by atoms with Crippen molar-refractivity contribution in [2.24, 2.45) is 0 Å². The van der Waals surface area contributed by atoms with E-state index < -0.39 is 18.4 Å². The van der Waals surface area contributed by atoms with Crippen LogP contribution in [-0.2, 0) is 0 Å². The summed E-state index contributed by atoms with van der Waals surface area (Å²) < 4.78 is 36.8. The van der Waals surface area contributed by atoms with Gasteiger partial charge < -0.3 is 19.1 Å². The molecule has 1 amide bonds. The lowest BCUT2D eigenvalue weighted by atomic mass is 10.1. The zero-order valence-electron chi connectivity index (χ0n) is 19.6. The van der Waals surface area contributed by atoms with E-state index in [2.05, 4.69) is 18.7 Å². The quantitative estimate of drug-likeness (QED) is 0.426. The highest BCUT2D eigenvalue weighted by atomic mass is 32.1. The molecule has 0 aliphatic carbocycles. The van der Waals surface area contributed by atoms with Crippen LogP contribution in [0.25, 0.3) is 16.6 Å². The van der Waals surface area contributed by atoms with Gasteiger partial charge in [-0.15, -0.1) is 0 Å². The minimum absolute atomic E-state index is 0.148. The molecule has 3 aromatic rings. The van der Waals surface area contributed by atoms with Gasteiger partial charge in [0.25, 0.3) is 5.91 Å². The fourth-order valence-electron chi connectivity index (χ4n) is 5.06. The third-order valence-electron chi connectivity index (χ3n) is 7.00. The molecule has 0 saturated carbocycles. The second-order valence-electron chi connectivity index (χ2n) is 9.54. The van der Waals surface area contributed by atoms with E-state index in [-0.39, 0.29) is 19.1 Å². The molecule has 5 nitrogen and oxygen atoms in total. The maximum absolute atomic E-state index is 14.6. The predicted molar refractivity (Wildman–Crippen MR) is 132 cm³/mol. The van der Waals surface area contributed by atoms with E-state index >= 15 is 0 Å². The normalized spacial score (nSPS) is 22.6. The van der Waals surface area contributed by atoms with Crippen molar-refractivity contribution in [2.75, 3.05) is 19.6 Å². The first-order valence-electron chi connectivity index (χ1n) is 12.1. The summed E-state index contributed by atoms with van der Waals surface area (Å²) in [4.78, 5) is 16.9. The molecule has 2 aliphatic heterocycles. The van der Waals surface area contributed by atoms with E-state index in [0.717, 1.165) is 53.2 Å². The summed E-state index contributed by atoms with van der Waals surface area (Å²) in [5, 5.41) is 4.73. The molecular weight excluding hydrogens is 456 g/mol. The molecule has 0 N–H and O–H groups in total. The fraction of sp³-hybridized carbons (Fsp3) is 0.500. The molecule has 2 aliphatic rings. The van der Waals surface area contributed by atoms with Crippen LogP contribution in [0.5, 0.6) is 5.75 Å². The molecule has 2 unspecified atom stereocenters. The Kier molecular flexibility index (Phi) is 6.62. The zero-order valence-corrected chi connectivity index (χ0v) is 20.4. The molecular formula is C26H31F2N3O2S. The van der Waals surface area contributed by atoms with Crippen LogP contribution in [0.2, 0.25) is 0 Å². The van der Waals surface area contributed by atoms with E-state index in [1.807, 2.05) is 39.6 Å². The molecule has 2 saturated heterocycles. The third-order valence-corrected chi connectivity index (χ3v) is 7.67. The van der Waals surface area contributed by atoms with Crippen LogP contribution >= 0.6 is 11.3 Å². The van der Waals surface area contributed by atoms with Gasteiger partial charge in [-0.25, -0.2) is 8.78 Å². The fourth-order valence-corrected chi connectivity index (χ4v) is 5.68. The van der Waals surface area contributed by atoms with Crippen LogP contribution in [0, 0.1) is 0 Å². The molecule has 0 bridgehead atoms. The highest BCUT2D eigenvalue weighted by Crippen LogP contribution is 2.32. The zero-order chi connectivity index (χ0) is 23.8. The maximum atomic E-state index is 14.6. The molecule has 0 spiro atoms. The largest absolute Gasteiger partial charge is 0.490 e. The minimum atomic E-state index is -1.91. The number of benzene rings is 1. The lowest BCUT2D eigenvalue weighted by molar-refractivity contribution is -0.00945. The van der Waals surface area contributed by atoms with Gasteiger partial charge in [0.2, 0.25) is 6.30 Å². The molecule has 2 atom stereocenters. The summed E-state index contributed by atoms with van der Waals surface area (Å²) in [6, 6.07) is 10.1. The van der Waals surface area contributed by atoms with Crippen LogP contribution in [0.15, 0.2) is 41.1 Å². The second kappa shape index (κ2) is 9.66. The van der Waals surface area contributed by atoms with Crippen molar-refractivity contribution >= 4 is 28.1 Å². The summed E-state index contributed by atoms with van der Waals surface area (Å²) in [6.07, 6.45) is -0.825. The number of aromatic nitrogens is 1. The van der Waals surface area contributed by atoms with Gasteiger partial charge in [-0.2, -0.15) is 11.3 Å². The summed E-state index contributed by atoms with van der Waals surface area (Å²) >= 11 is 1.52. The van der Waals surface area contributed by atoms with Crippen molar-refractivity contribution in [1.29, 1.82) is 0 Å². The van der Waals surface area contributed by atoms with Crippen LogP contribution in [-0.4, -0.2) is 64.5 Å². The molecule has 4 heterocycles. The minimum Gasteiger partial charge on any atom is -0.490 e. The Morgan fingerprint density at radius 3 is 2.59 bits per heavy atom. The molecule has 5 rings (SSSR count). The number of nitrogens with zero attached hydrogens (tertiary/aromatic N) is 3. The Bertz CT molecular complexity index is 1140. The highest BCUT2D eigenvalue weighted by Gasteiger charge is 2.36. The molecule has 0 radical (unpaired) electrons. The topological polar surface area (TPSA) is 37.7 Å². The van der Waals surface area contributed by atoms with Crippen molar-refractivity contribution in [3.05, 3.63) is 46.8 Å². The highest BCUT2D eigenvalue weighted by molar-refractivity contribution is 7.08. The number of carbonyl (C=O) groups is 1. The van der Waals surface area contributed by atoms with Gasteiger partial charge in [0.05, 0.1) is 11.2 Å². The Hall–Kier alpha value is -2.45. The van der Waals surface area contributed by atoms with Gasteiger partial charge in [-0.05, 0) is 75.2 Å². The van der Waals surface area contributed by atoms with Crippen molar-refractivity contribution in [3.8, 4) is 11.4 Å². The van der Waals surface area contributed by atoms with Gasteiger partial charge in [0.15, 0.2) is 0 Å². The van der Waals surface area contributed by atoms with Crippen molar-refractivity contribution < 1.29 is 18.3 Å². The maximum Gasteiger partial charge on any atom is 0.273 e. The number of alkyl halides is 2. The SMILES string of the molecule is CC(C)N1CCC(Oc2ccc3c(c2)cc(C(=O)N2CCCC(F)C2F)n3-c2ccsc2)CC1. The van der Waals surface area contributed by atoms with Crippen LogP contribution < -0.4 is 4.74 Å². The van der Waals surface area contributed by atoms with Gasteiger partial charge in [-0.3, -0.25) is 4.79 Å². The molecule has 2 aromatic heterocycles. The smallest absolute Gasteiger partial charge is 0.273 e. The van der Waals surface area contributed by atoms with E-state index in [1.165, 1.54) is 11.3 Å². The monoisotopic (exact) mass is 487 g/mol. The van der Waals surface area contributed by atoms with Crippen molar-refractivity contribution in [1.82, 2.24) is 14.4 Å². The summed E-state index contributed by atoms with van der Waals surface area (Å²) in [5.74, 6) is 0.280. The number of ether oxygens (including phenoxy) is 1. The Morgan fingerprint density at radius 1 is 1.09 bits per heavy atom. The summed E-state index contributed by atoms with van der Waals surface area (Å²) in [6.45, 7) is 6.69. The molecule has 34 heavy (non-hydrogen) atoms. The standard InChI is InChI=1S/C26H31F2N3O2S/c1-17(2)29-11-7-20(8-12-29)33-21-5-6-23-18(14-21)15-24(31(23)19-9-13-34-16-19)26(32)30-10-3-4-22(27)25(30)28/h5-6,9,13-17,20,22,25H,3-4,7-8,10-12H2,1-2H3. The molecule has 182 valence electrons. The first kappa shape index (κ1) is 23.3. The Balaban J connectivity index is 1.44. The first-order valence-corrected chi connectivity index (χ1v) is 13.0. The number of hydrogen-bond acceptors (Lipinski definition) is 4. The number of likely N-dealkylation sites (tertiary alicyclic amines) is 2. The molecule has 1 aromatic carbocycles. The predicted octanol–water partition coefficient (Wildman–Crippen LogP) is 5.81. The number of thiophene rings is 1. The average Bonchev–Trinajstić information content (AvgIpc) is 3.48. The Morgan fingerprint density at radius 2 is 1.88 bits per heavy atom. The molecule has 8 heteroatoms. The number of hydrogen-bond donors (Lipinski definition) is 0. The van der Waals surface area contributed by atoms with Crippen molar-refractivity contribution in [2.45, 2.75) is 64.1 Å². The van der Waals surface area contributed by atoms with E-state index in [0.29, 0.717) is 18.2 Å². The van der Waals surface area contributed by atoms with E-state index in [1.54, 1.807) is 6.07 Å². The number of rotatable bonds is 5.